The predicted molar refractivity (Wildman–Crippen MR) is 116 cm³/mol. The molecule has 1 heterocycles. The van der Waals surface area contributed by atoms with Crippen molar-refractivity contribution < 1.29 is 24.1 Å². The highest BCUT2D eigenvalue weighted by molar-refractivity contribution is 7.99. The summed E-state index contributed by atoms with van der Waals surface area (Å²) in [4.78, 5) is 16.1. The normalized spacial score (nSPS) is 29.7. The summed E-state index contributed by atoms with van der Waals surface area (Å²) in [6, 6.07) is 9.81. The fourth-order valence-corrected chi connectivity index (χ4v) is 7.13. The van der Waals surface area contributed by atoms with E-state index in [1.807, 2.05) is 12.1 Å². The van der Waals surface area contributed by atoms with Gasteiger partial charge < -0.3 is 19.8 Å². The number of hydrogen-bond acceptors (Lipinski definition) is 6. The molecule has 0 unspecified atom stereocenters. The van der Waals surface area contributed by atoms with Gasteiger partial charge in [0.25, 0.3) is 0 Å². The van der Waals surface area contributed by atoms with Crippen LogP contribution in [-0.4, -0.2) is 47.6 Å². The molecule has 0 amide bonds. The number of carbonyl (C=O) groups is 1. The summed E-state index contributed by atoms with van der Waals surface area (Å²) in [5.41, 5.74) is 0.995. The number of carbonyl (C=O) groups excluding carboxylic acids is 1. The molecular weight excluding hydrogens is 417 g/mol. The number of nitrogens with zero attached hydrogens (tertiary/aromatic N) is 1. The number of Topliss-reactive ketones (excluding diaryl/α,β-unsaturated/α-hetero) is 1. The van der Waals surface area contributed by atoms with Gasteiger partial charge in [-0.15, -0.1) is 11.8 Å². The number of phenolic OH excluding ortho intramolecular Hbond substituents is 2. The Morgan fingerprint density at radius 3 is 2.65 bits per heavy atom. The van der Waals surface area contributed by atoms with E-state index in [0.717, 1.165) is 17.0 Å². The number of thioether (sulfide) groups is 1. The van der Waals surface area contributed by atoms with Gasteiger partial charge in [0.1, 0.15) is 5.82 Å². The number of likely N-dealkylation sites (tertiary alicyclic amines) is 1. The first-order chi connectivity index (χ1) is 14.9. The maximum Gasteiger partial charge on any atom is 0.197 e. The number of hydrogen-bond donors (Lipinski definition) is 2. The number of ether oxygens (including phenoxy) is 1. The molecule has 0 saturated carbocycles. The standard InChI is InChI=1S/C24H24FNO4S/c1-26-10-9-24-12-18(28)19(30-2)11-16(24)21(26)23(31-14-5-3-13(25)4-6-14)15-7-8-17(27)22(29)20(15)24/h3-8,11,16,21,23,27,29H,9-10,12H2,1-2H3/t16-,21-,23-,24-/m1/s1. The van der Waals surface area contributed by atoms with Crippen molar-refractivity contribution >= 4 is 17.5 Å². The van der Waals surface area contributed by atoms with Crippen molar-refractivity contribution in [3.05, 3.63) is 65.2 Å². The number of likely N-dealkylation sites (N-methyl/N-ethyl adjacent to an activating group) is 1. The van der Waals surface area contributed by atoms with Gasteiger partial charge in [0.15, 0.2) is 23.0 Å². The van der Waals surface area contributed by atoms with Crippen LogP contribution in [0.25, 0.3) is 0 Å². The number of halogens is 1. The van der Waals surface area contributed by atoms with Crippen LogP contribution in [0, 0.1) is 11.7 Å². The lowest BCUT2D eigenvalue weighted by atomic mass is 9.53. The summed E-state index contributed by atoms with van der Waals surface area (Å²) in [5, 5.41) is 21.3. The summed E-state index contributed by atoms with van der Waals surface area (Å²) in [6.07, 6.45) is 2.85. The number of rotatable bonds is 3. The van der Waals surface area contributed by atoms with E-state index in [0.29, 0.717) is 17.7 Å². The molecule has 0 spiro atoms. The van der Waals surface area contributed by atoms with Crippen molar-refractivity contribution in [3.8, 4) is 11.5 Å². The number of allylic oxidation sites excluding steroid dienone is 1. The highest BCUT2D eigenvalue weighted by Gasteiger charge is 2.59. The van der Waals surface area contributed by atoms with Crippen LogP contribution in [-0.2, 0) is 14.9 Å². The molecule has 1 aliphatic heterocycles. The topological polar surface area (TPSA) is 70.0 Å². The zero-order chi connectivity index (χ0) is 21.9. The van der Waals surface area contributed by atoms with Gasteiger partial charge in [-0.05, 0) is 62.0 Å². The van der Waals surface area contributed by atoms with E-state index in [1.165, 1.54) is 25.3 Å². The minimum absolute atomic E-state index is 0.0403. The van der Waals surface area contributed by atoms with Crippen LogP contribution >= 0.6 is 11.8 Å². The summed E-state index contributed by atoms with van der Waals surface area (Å²) in [7, 11) is 3.58. The number of methoxy groups -OCH3 is 1. The van der Waals surface area contributed by atoms with E-state index in [-0.39, 0.29) is 46.7 Å². The van der Waals surface area contributed by atoms with Crippen LogP contribution < -0.4 is 0 Å². The fraction of sp³-hybridized carbons (Fsp3) is 0.375. The van der Waals surface area contributed by atoms with Crippen molar-refractivity contribution in [2.24, 2.45) is 5.92 Å². The Morgan fingerprint density at radius 2 is 1.94 bits per heavy atom. The first kappa shape index (κ1) is 20.4. The number of phenols is 2. The largest absolute Gasteiger partial charge is 0.504 e. The molecule has 1 fully saturated rings. The zero-order valence-electron chi connectivity index (χ0n) is 17.3. The lowest BCUT2D eigenvalue weighted by Gasteiger charge is -2.58. The molecular formula is C24H24FNO4S. The summed E-state index contributed by atoms with van der Waals surface area (Å²) in [6.45, 7) is 0.764. The Balaban J connectivity index is 1.74. The van der Waals surface area contributed by atoms with E-state index in [2.05, 4.69) is 11.9 Å². The second kappa shape index (κ2) is 7.28. The van der Waals surface area contributed by atoms with Gasteiger partial charge in [-0.1, -0.05) is 6.07 Å². The SMILES string of the molecule is COC1=C[C@@H]2[C@@H]3[C@H](Sc4ccc(F)cc4)c4ccc(O)c(O)c4[C@]2(CCN3C)CC1=O. The van der Waals surface area contributed by atoms with Crippen molar-refractivity contribution in [1.29, 1.82) is 0 Å². The molecule has 2 N–H and O–H groups in total. The first-order valence-electron chi connectivity index (χ1n) is 10.3. The van der Waals surface area contributed by atoms with Crippen LogP contribution in [0.3, 0.4) is 0 Å². The maximum absolute atomic E-state index is 13.5. The van der Waals surface area contributed by atoms with Crippen LogP contribution in [0.5, 0.6) is 11.5 Å². The molecule has 3 aliphatic rings. The van der Waals surface area contributed by atoms with Gasteiger partial charge in [-0.3, -0.25) is 4.79 Å². The average Bonchev–Trinajstić information content (AvgIpc) is 2.75. The van der Waals surface area contributed by atoms with E-state index in [4.69, 9.17) is 4.74 Å². The number of fused-ring (bicyclic) bond motifs is 1. The number of benzene rings is 2. The Labute approximate surface area is 184 Å². The van der Waals surface area contributed by atoms with Gasteiger partial charge >= 0.3 is 0 Å². The third-order valence-corrected chi connectivity index (χ3v) is 8.44. The van der Waals surface area contributed by atoms with Crippen molar-refractivity contribution in [2.45, 2.75) is 34.4 Å². The van der Waals surface area contributed by atoms with Gasteiger partial charge in [0.05, 0.1) is 12.4 Å². The van der Waals surface area contributed by atoms with Gasteiger partial charge in [-0.25, -0.2) is 4.39 Å². The fourth-order valence-electron chi connectivity index (χ4n) is 5.70. The molecule has 2 aromatic carbocycles. The third kappa shape index (κ3) is 2.97. The Morgan fingerprint density at radius 1 is 1.19 bits per heavy atom. The van der Waals surface area contributed by atoms with Crippen molar-refractivity contribution in [1.82, 2.24) is 4.90 Å². The second-order valence-electron chi connectivity index (χ2n) is 8.63. The highest BCUT2D eigenvalue weighted by atomic mass is 32.2. The monoisotopic (exact) mass is 441 g/mol. The minimum Gasteiger partial charge on any atom is -0.504 e. The maximum atomic E-state index is 13.5. The Hall–Kier alpha value is -2.51. The molecule has 2 aliphatic carbocycles. The summed E-state index contributed by atoms with van der Waals surface area (Å²) >= 11 is 1.61. The number of piperidine rings is 1. The van der Waals surface area contributed by atoms with Crippen molar-refractivity contribution in [3.63, 3.8) is 0 Å². The molecule has 7 heteroatoms. The number of ketones is 1. The molecule has 1 saturated heterocycles. The summed E-state index contributed by atoms with van der Waals surface area (Å²) < 4.78 is 18.9. The van der Waals surface area contributed by atoms with Gasteiger partial charge in [0, 0.05) is 34.3 Å². The molecule has 2 aromatic rings. The second-order valence-corrected chi connectivity index (χ2v) is 9.84. The van der Waals surface area contributed by atoms with E-state index in [1.54, 1.807) is 23.9 Å². The smallest absolute Gasteiger partial charge is 0.197 e. The van der Waals surface area contributed by atoms with Gasteiger partial charge in [0.2, 0.25) is 0 Å². The molecule has 2 bridgehead atoms. The lowest BCUT2D eigenvalue weighted by molar-refractivity contribution is -0.122. The molecule has 162 valence electrons. The Bertz CT molecular complexity index is 1090. The van der Waals surface area contributed by atoms with Crippen LogP contribution in [0.1, 0.15) is 29.2 Å². The minimum atomic E-state index is -0.589. The Kier molecular flexibility index (Phi) is 4.79. The average molecular weight is 442 g/mol. The third-order valence-electron chi connectivity index (χ3n) is 7.11. The highest BCUT2D eigenvalue weighted by Crippen LogP contribution is 2.63. The molecule has 5 nitrogen and oxygen atoms in total. The van der Waals surface area contributed by atoms with E-state index in [9.17, 15) is 19.4 Å². The number of aromatic hydroxyl groups is 2. The van der Waals surface area contributed by atoms with E-state index >= 15 is 0 Å². The quantitative estimate of drug-likeness (QED) is 0.698. The van der Waals surface area contributed by atoms with Gasteiger partial charge in [-0.2, -0.15) is 0 Å². The molecule has 0 radical (unpaired) electrons. The van der Waals surface area contributed by atoms with Crippen molar-refractivity contribution in [2.75, 3.05) is 20.7 Å². The van der Waals surface area contributed by atoms with E-state index < -0.39 is 5.41 Å². The molecule has 4 atom stereocenters. The molecule has 31 heavy (non-hydrogen) atoms. The van der Waals surface area contributed by atoms with Crippen LogP contribution in [0.2, 0.25) is 0 Å². The first-order valence-corrected chi connectivity index (χ1v) is 11.2. The predicted octanol–water partition coefficient (Wildman–Crippen LogP) is 4.15. The molecule has 5 rings (SSSR count). The van der Waals surface area contributed by atoms with Crippen LogP contribution in [0.15, 0.2) is 53.1 Å². The summed E-state index contributed by atoms with van der Waals surface area (Å²) in [5.74, 6) is -0.406. The lowest BCUT2D eigenvalue weighted by Crippen LogP contribution is -2.61. The van der Waals surface area contributed by atoms with Crippen LogP contribution in [0.4, 0.5) is 4.39 Å². The zero-order valence-corrected chi connectivity index (χ0v) is 18.2. The molecule has 0 aromatic heterocycles.